The van der Waals surface area contributed by atoms with Crippen LogP contribution >= 0.6 is 0 Å². The van der Waals surface area contributed by atoms with Gasteiger partial charge in [0.2, 0.25) is 0 Å². The van der Waals surface area contributed by atoms with Crippen molar-refractivity contribution in [2.75, 3.05) is 13.1 Å². The average molecular weight is 248 g/mol. The molecule has 1 unspecified atom stereocenters. The smallest absolute Gasteiger partial charge is 0.348 e. The minimum Gasteiger partial charge on any atom is -0.468 e. The number of nitrogens with one attached hydrogen (secondary N) is 1. The molecular weight excluding hydrogens is 236 g/mol. The van der Waals surface area contributed by atoms with Crippen molar-refractivity contribution >= 4 is 5.69 Å². The van der Waals surface area contributed by atoms with E-state index in [9.17, 15) is 10.1 Å². The van der Waals surface area contributed by atoms with E-state index in [1.165, 1.54) is 12.3 Å². The van der Waals surface area contributed by atoms with Gasteiger partial charge in [0.15, 0.2) is 0 Å². The summed E-state index contributed by atoms with van der Waals surface area (Å²) in [6, 6.07) is 3.09. The van der Waals surface area contributed by atoms with Gasteiger partial charge in [0.25, 0.3) is 5.88 Å². The largest absolute Gasteiger partial charge is 0.468 e. The number of nitriles is 1. The Hall–Kier alpha value is -2.20. The number of aromatic nitrogens is 1. The zero-order valence-electron chi connectivity index (χ0n) is 9.63. The van der Waals surface area contributed by atoms with Crippen molar-refractivity contribution in [1.82, 2.24) is 10.3 Å². The van der Waals surface area contributed by atoms with Gasteiger partial charge in [-0.2, -0.15) is 5.26 Å². The van der Waals surface area contributed by atoms with Crippen LogP contribution in [0.25, 0.3) is 0 Å². The number of piperidine rings is 1. The average Bonchev–Trinajstić information content (AvgIpc) is 2.39. The summed E-state index contributed by atoms with van der Waals surface area (Å²) in [6.45, 7) is 1.56. The first-order valence-corrected chi connectivity index (χ1v) is 5.63. The number of ether oxygens (including phenoxy) is 1. The zero-order chi connectivity index (χ0) is 13.0. The van der Waals surface area contributed by atoms with E-state index in [0.29, 0.717) is 6.54 Å². The second-order valence-corrected chi connectivity index (χ2v) is 3.97. The van der Waals surface area contributed by atoms with Crippen LogP contribution in [0.4, 0.5) is 5.69 Å². The van der Waals surface area contributed by atoms with Crippen LogP contribution in [0, 0.1) is 21.4 Å². The summed E-state index contributed by atoms with van der Waals surface area (Å²) >= 11 is 0. The Kier molecular flexibility index (Phi) is 3.69. The number of hydrogen-bond acceptors (Lipinski definition) is 6. The molecule has 1 aliphatic rings. The molecule has 1 aromatic rings. The van der Waals surface area contributed by atoms with Crippen molar-refractivity contribution < 1.29 is 9.66 Å². The maximum absolute atomic E-state index is 11.0. The molecule has 0 spiro atoms. The lowest BCUT2D eigenvalue weighted by molar-refractivity contribution is -0.386. The minimum atomic E-state index is -0.628. The molecule has 0 amide bonds. The summed E-state index contributed by atoms with van der Waals surface area (Å²) in [4.78, 5) is 14.2. The Morgan fingerprint density at radius 2 is 2.50 bits per heavy atom. The summed E-state index contributed by atoms with van der Waals surface area (Å²) in [5, 5.41) is 23.0. The predicted octanol–water partition coefficient (Wildman–Crippen LogP) is 0.992. The first-order chi connectivity index (χ1) is 8.72. The van der Waals surface area contributed by atoms with Crippen molar-refractivity contribution in [3.63, 3.8) is 0 Å². The first-order valence-electron chi connectivity index (χ1n) is 5.63. The van der Waals surface area contributed by atoms with Gasteiger partial charge in [-0.25, -0.2) is 4.98 Å². The van der Waals surface area contributed by atoms with Crippen LogP contribution in [0.15, 0.2) is 12.3 Å². The molecule has 18 heavy (non-hydrogen) atoms. The summed E-state index contributed by atoms with van der Waals surface area (Å²) in [5.41, 5.74) is -0.389. The number of nitrogens with zero attached hydrogens (tertiary/aromatic N) is 3. The predicted molar refractivity (Wildman–Crippen MR) is 62.1 cm³/mol. The number of hydrogen-bond donors (Lipinski definition) is 1. The second kappa shape index (κ2) is 5.42. The van der Waals surface area contributed by atoms with Gasteiger partial charge in [-0.3, -0.25) is 10.1 Å². The Balaban J connectivity index is 2.26. The standard InChI is InChI=1S/C11H12N4O3/c12-6-8-3-5-14-11(10(8)15(16)17)18-9-2-1-4-13-7-9/h3,5,9,13H,1-2,4,7H2. The van der Waals surface area contributed by atoms with Gasteiger partial charge < -0.3 is 10.1 Å². The molecule has 0 bridgehead atoms. The van der Waals surface area contributed by atoms with Crippen LogP contribution in [0.1, 0.15) is 18.4 Å². The molecule has 2 heterocycles. The molecule has 0 aliphatic carbocycles. The van der Waals surface area contributed by atoms with E-state index in [1.807, 2.05) is 0 Å². The fraction of sp³-hybridized carbons (Fsp3) is 0.455. The topological polar surface area (TPSA) is 101 Å². The van der Waals surface area contributed by atoms with E-state index >= 15 is 0 Å². The summed E-state index contributed by atoms with van der Waals surface area (Å²) in [7, 11) is 0. The van der Waals surface area contributed by atoms with E-state index in [0.717, 1.165) is 19.4 Å². The molecule has 1 fully saturated rings. The molecule has 0 radical (unpaired) electrons. The lowest BCUT2D eigenvalue weighted by Gasteiger charge is -2.23. The van der Waals surface area contributed by atoms with Gasteiger partial charge >= 0.3 is 5.69 Å². The van der Waals surface area contributed by atoms with Crippen LogP contribution < -0.4 is 10.1 Å². The Morgan fingerprint density at radius 1 is 1.67 bits per heavy atom. The third-order valence-electron chi connectivity index (χ3n) is 2.72. The van der Waals surface area contributed by atoms with E-state index in [1.54, 1.807) is 6.07 Å². The van der Waals surface area contributed by atoms with Crippen molar-refractivity contribution in [3.8, 4) is 11.9 Å². The van der Waals surface area contributed by atoms with Crippen molar-refractivity contribution in [2.45, 2.75) is 18.9 Å². The molecule has 1 N–H and O–H groups in total. The Bertz CT molecular complexity index is 492. The highest BCUT2D eigenvalue weighted by molar-refractivity contribution is 5.54. The molecule has 1 saturated heterocycles. The van der Waals surface area contributed by atoms with Crippen molar-refractivity contribution in [2.24, 2.45) is 0 Å². The molecular formula is C11H12N4O3. The van der Waals surface area contributed by atoms with E-state index in [2.05, 4.69) is 10.3 Å². The van der Waals surface area contributed by atoms with Gasteiger partial charge in [0, 0.05) is 12.7 Å². The molecule has 1 aromatic heterocycles. The molecule has 1 atom stereocenters. The molecule has 2 rings (SSSR count). The maximum Gasteiger partial charge on any atom is 0.348 e. The highest BCUT2D eigenvalue weighted by Gasteiger charge is 2.25. The molecule has 7 nitrogen and oxygen atoms in total. The molecule has 0 saturated carbocycles. The van der Waals surface area contributed by atoms with Gasteiger partial charge in [-0.1, -0.05) is 0 Å². The van der Waals surface area contributed by atoms with Crippen LogP contribution in [0.3, 0.4) is 0 Å². The molecule has 7 heteroatoms. The highest BCUT2D eigenvalue weighted by Crippen LogP contribution is 2.29. The third kappa shape index (κ3) is 2.55. The van der Waals surface area contributed by atoms with Crippen molar-refractivity contribution in [1.29, 1.82) is 5.26 Å². The van der Waals surface area contributed by atoms with Crippen LogP contribution in [-0.2, 0) is 0 Å². The lowest BCUT2D eigenvalue weighted by atomic mass is 10.1. The Morgan fingerprint density at radius 3 is 3.11 bits per heavy atom. The quantitative estimate of drug-likeness (QED) is 0.632. The SMILES string of the molecule is N#Cc1ccnc(OC2CCCNC2)c1[N+](=O)[O-]. The summed E-state index contributed by atoms with van der Waals surface area (Å²) in [5.74, 6) is -0.0762. The normalized spacial score (nSPS) is 18.9. The number of nitro groups is 1. The van der Waals surface area contributed by atoms with Gasteiger partial charge in [-0.05, 0) is 25.5 Å². The third-order valence-corrected chi connectivity index (χ3v) is 2.72. The number of rotatable bonds is 3. The van der Waals surface area contributed by atoms with Crippen LogP contribution in [0.2, 0.25) is 0 Å². The fourth-order valence-electron chi connectivity index (χ4n) is 1.87. The van der Waals surface area contributed by atoms with Crippen molar-refractivity contribution in [3.05, 3.63) is 27.9 Å². The Labute approximate surface area is 104 Å². The molecule has 94 valence electrons. The summed E-state index contributed by atoms with van der Waals surface area (Å²) < 4.78 is 5.52. The monoisotopic (exact) mass is 248 g/mol. The number of pyridine rings is 1. The van der Waals surface area contributed by atoms with E-state index < -0.39 is 4.92 Å². The lowest BCUT2D eigenvalue weighted by Crippen LogP contribution is -2.37. The van der Waals surface area contributed by atoms with Crippen LogP contribution in [-0.4, -0.2) is 29.1 Å². The summed E-state index contributed by atoms with van der Waals surface area (Å²) in [6.07, 6.45) is 2.98. The van der Waals surface area contributed by atoms with Crippen LogP contribution in [0.5, 0.6) is 5.88 Å². The van der Waals surface area contributed by atoms with E-state index in [4.69, 9.17) is 10.00 Å². The second-order valence-electron chi connectivity index (χ2n) is 3.97. The highest BCUT2D eigenvalue weighted by atomic mass is 16.6. The maximum atomic E-state index is 11.0. The fourth-order valence-corrected chi connectivity index (χ4v) is 1.87. The minimum absolute atomic E-state index is 0.0335. The van der Waals surface area contributed by atoms with E-state index in [-0.39, 0.29) is 23.2 Å². The van der Waals surface area contributed by atoms with Gasteiger partial charge in [-0.15, -0.1) is 0 Å². The molecule has 0 aromatic carbocycles. The van der Waals surface area contributed by atoms with Gasteiger partial charge in [0.05, 0.1) is 4.92 Å². The first kappa shape index (κ1) is 12.3. The zero-order valence-corrected chi connectivity index (χ0v) is 9.63. The van der Waals surface area contributed by atoms with Gasteiger partial charge in [0.1, 0.15) is 17.7 Å². The molecule has 1 aliphatic heterocycles.